The molecule has 1 fully saturated rings. The van der Waals surface area contributed by atoms with E-state index in [-0.39, 0.29) is 22.9 Å². The van der Waals surface area contributed by atoms with Crippen LogP contribution in [-0.2, 0) is 9.59 Å². The molecule has 3 amide bonds. The van der Waals surface area contributed by atoms with Crippen LogP contribution < -0.4 is 10.1 Å². The molecule has 0 aliphatic carbocycles. The highest BCUT2D eigenvalue weighted by atomic mass is 127. The molecule has 2 N–H and O–H groups in total. The molecule has 31 heavy (non-hydrogen) atoms. The Morgan fingerprint density at radius 3 is 2.45 bits per heavy atom. The molecule has 1 aliphatic heterocycles. The summed E-state index contributed by atoms with van der Waals surface area (Å²) in [6.45, 7) is 5.39. The highest BCUT2D eigenvalue weighted by Crippen LogP contribution is 2.36. The number of imide groups is 1. The molecule has 0 radical (unpaired) electrons. The number of aryl methyl sites for hydroxylation is 3. The maximum absolute atomic E-state index is 12.7. The second kappa shape index (κ2) is 9.31. The van der Waals surface area contributed by atoms with Gasteiger partial charge in [-0.15, -0.1) is 0 Å². The summed E-state index contributed by atoms with van der Waals surface area (Å²) in [5, 5.41) is 12.3. The number of nitrogens with one attached hydrogen (secondary N) is 1. The zero-order valence-corrected chi connectivity index (χ0v) is 20.4. The van der Waals surface area contributed by atoms with Crippen LogP contribution in [0.3, 0.4) is 0 Å². The third-order valence-electron chi connectivity index (χ3n) is 4.69. The Morgan fingerprint density at radius 2 is 1.84 bits per heavy atom. The lowest BCUT2D eigenvalue weighted by Gasteiger charge is -2.15. The first-order chi connectivity index (χ1) is 14.6. The van der Waals surface area contributed by atoms with Crippen molar-refractivity contribution in [3.05, 3.63) is 55.0 Å². The fourth-order valence-corrected chi connectivity index (χ4v) is 4.78. The van der Waals surface area contributed by atoms with Gasteiger partial charge in [0, 0.05) is 5.69 Å². The van der Waals surface area contributed by atoms with Crippen LogP contribution in [0.4, 0.5) is 10.5 Å². The number of phenolic OH excluding ortho intramolecular Hbond substituents is 1. The van der Waals surface area contributed by atoms with E-state index in [1.165, 1.54) is 7.11 Å². The van der Waals surface area contributed by atoms with Crippen molar-refractivity contribution in [1.29, 1.82) is 0 Å². The molecule has 3 rings (SSSR count). The fourth-order valence-electron chi connectivity index (χ4n) is 3.32. The number of anilines is 1. The highest BCUT2D eigenvalue weighted by molar-refractivity contribution is 14.1. The van der Waals surface area contributed by atoms with Crippen LogP contribution in [0.1, 0.15) is 22.3 Å². The molecule has 2 aromatic rings. The molecular weight excluding hydrogens is 531 g/mol. The lowest BCUT2D eigenvalue weighted by Crippen LogP contribution is -2.36. The predicted octanol–water partition coefficient (Wildman–Crippen LogP) is 4.61. The zero-order chi connectivity index (χ0) is 22.9. The van der Waals surface area contributed by atoms with Crippen LogP contribution in [0.15, 0.2) is 29.2 Å². The molecule has 1 heterocycles. The number of phenols is 1. The second-order valence-corrected chi connectivity index (χ2v) is 9.30. The molecule has 0 aromatic heterocycles. The average molecular weight is 552 g/mol. The number of hydrogen-bond donors (Lipinski definition) is 2. The second-order valence-electron chi connectivity index (χ2n) is 7.14. The molecule has 162 valence electrons. The van der Waals surface area contributed by atoms with Crippen molar-refractivity contribution in [3.63, 3.8) is 0 Å². The number of amides is 3. The smallest absolute Gasteiger partial charge is 0.294 e. The van der Waals surface area contributed by atoms with Crippen LogP contribution in [0.5, 0.6) is 11.5 Å². The van der Waals surface area contributed by atoms with Gasteiger partial charge in [-0.1, -0.05) is 17.7 Å². The molecule has 7 nitrogen and oxygen atoms in total. The van der Waals surface area contributed by atoms with Crippen LogP contribution in [0.2, 0.25) is 0 Å². The molecule has 0 bridgehead atoms. The summed E-state index contributed by atoms with van der Waals surface area (Å²) in [5.41, 5.74) is 4.19. The van der Waals surface area contributed by atoms with Gasteiger partial charge in [-0.2, -0.15) is 0 Å². The number of methoxy groups -OCH3 is 1. The van der Waals surface area contributed by atoms with Crippen molar-refractivity contribution in [2.75, 3.05) is 19.0 Å². The van der Waals surface area contributed by atoms with Gasteiger partial charge in [0.25, 0.3) is 11.1 Å². The SMILES string of the molecule is COc1cc(/C=C2/SC(=O)N(CC(=O)Nc3c(C)cc(C)cc3C)C2=O)cc(I)c1O. The fraction of sp³-hybridized carbons (Fsp3) is 0.227. The van der Waals surface area contributed by atoms with Crippen molar-refractivity contribution in [2.45, 2.75) is 20.8 Å². The van der Waals surface area contributed by atoms with Gasteiger partial charge in [-0.3, -0.25) is 19.3 Å². The number of benzene rings is 2. The summed E-state index contributed by atoms with van der Waals surface area (Å²) in [6, 6.07) is 7.15. The van der Waals surface area contributed by atoms with E-state index in [0.717, 1.165) is 33.4 Å². The van der Waals surface area contributed by atoms with Crippen LogP contribution in [-0.4, -0.2) is 40.7 Å². The summed E-state index contributed by atoms with van der Waals surface area (Å²) >= 11 is 2.72. The van der Waals surface area contributed by atoms with Gasteiger partial charge >= 0.3 is 0 Å². The van der Waals surface area contributed by atoms with Gasteiger partial charge in [0.2, 0.25) is 5.91 Å². The Bertz CT molecular complexity index is 1110. The van der Waals surface area contributed by atoms with E-state index in [9.17, 15) is 19.5 Å². The lowest BCUT2D eigenvalue weighted by molar-refractivity contribution is -0.127. The first-order valence-corrected chi connectivity index (χ1v) is 11.2. The van der Waals surface area contributed by atoms with Crippen molar-refractivity contribution in [1.82, 2.24) is 4.90 Å². The Balaban J connectivity index is 1.77. The van der Waals surface area contributed by atoms with E-state index >= 15 is 0 Å². The molecule has 0 atom stereocenters. The largest absolute Gasteiger partial charge is 0.504 e. The molecule has 0 spiro atoms. The molecule has 1 saturated heterocycles. The third-order valence-corrected chi connectivity index (χ3v) is 6.41. The van der Waals surface area contributed by atoms with Gasteiger partial charge in [-0.05, 0) is 90.0 Å². The van der Waals surface area contributed by atoms with E-state index in [4.69, 9.17) is 4.74 Å². The van der Waals surface area contributed by atoms with E-state index in [2.05, 4.69) is 5.32 Å². The van der Waals surface area contributed by atoms with Crippen LogP contribution in [0.25, 0.3) is 6.08 Å². The molecule has 0 saturated carbocycles. The van der Waals surface area contributed by atoms with Gasteiger partial charge < -0.3 is 15.2 Å². The number of rotatable bonds is 5. The number of thioether (sulfide) groups is 1. The number of halogens is 1. The molecule has 1 aliphatic rings. The summed E-state index contributed by atoms with van der Waals surface area (Å²) < 4.78 is 5.68. The van der Waals surface area contributed by atoms with Gasteiger partial charge in [0.1, 0.15) is 6.54 Å². The van der Waals surface area contributed by atoms with Crippen molar-refractivity contribution < 1.29 is 24.2 Å². The van der Waals surface area contributed by atoms with Crippen molar-refractivity contribution in [3.8, 4) is 11.5 Å². The maximum Gasteiger partial charge on any atom is 0.294 e. The number of nitrogens with zero attached hydrogens (tertiary/aromatic N) is 1. The highest BCUT2D eigenvalue weighted by Gasteiger charge is 2.36. The predicted molar refractivity (Wildman–Crippen MR) is 129 cm³/mol. The minimum Gasteiger partial charge on any atom is -0.504 e. The van der Waals surface area contributed by atoms with Crippen molar-refractivity contribution >= 4 is 63.2 Å². The average Bonchev–Trinajstić information content (AvgIpc) is 2.94. The van der Waals surface area contributed by atoms with E-state index in [1.54, 1.807) is 18.2 Å². The number of hydrogen-bond acceptors (Lipinski definition) is 6. The van der Waals surface area contributed by atoms with Crippen molar-refractivity contribution in [2.24, 2.45) is 0 Å². The first kappa shape index (κ1) is 23.1. The van der Waals surface area contributed by atoms with Gasteiger partial charge in [0.05, 0.1) is 15.6 Å². The van der Waals surface area contributed by atoms with Gasteiger partial charge in [-0.25, -0.2) is 0 Å². The van der Waals surface area contributed by atoms with Gasteiger partial charge in [0.15, 0.2) is 11.5 Å². The van der Waals surface area contributed by atoms with E-state index in [1.807, 2.05) is 55.5 Å². The molecular formula is C22H21IN2O5S. The monoisotopic (exact) mass is 552 g/mol. The quantitative estimate of drug-likeness (QED) is 0.416. The molecule has 9 heteroatoms. The molecule has 0 unspecified atom stereocenters. The third kappa shape index (κ3) is 5.04. The molecule has 2 aromatic carbocycles. The minimum absolute atomic E-state index is 0.00622. The van der Waals surface area contributed by atoms with Crippen LogP contribution in [0, 0.1) is 24.3 Å². The maximum atomic E-state index is 12.7. The number of aromatic hydroxyl groups is 1. The Kier molecular flexibility index (Phi) is 6.95. The Hall–Kier alpha value is -2.53. The summed E-state index contributed by atoms with van der Waals surface area (Å²) in [5.74, 6) is -0.712. The first-order valence-electron chi connectivity index (χ1n) is 9.30. The lowest BCUT2D eigenvalue weighted by atomic mass is 10.1. The normalized spacial score (nSPS) is 15.0. The Morgan fingerprint density at radius 1 is 1.19 bits per heavy atom. The summed E-state index contributed by atoms with van der Waals surface area (Å²) in [6.07, 6.45) is 1.54. The minimum atomic E-state index is -0.537. The number of carbonyl (C=O) groups excluding carboxylic acids is 3. The summed E-state index contributed by atoms with van der Waals surface area (Å²) in [7, 11) is 1.43. The number of ether oxygens (including phenoxy) is 1. The van der Waals surface area contributed by atoms with E-state index in [0.29, 0.717) is 14.8 Å². The zero-order valence-electron chi connectivity index (χ0n) is 17.4. The standard InChI is InChI=1S/C22H21IN2O5S/c1-11-5-12(2)19(13(3)6-11)24-18(26)10-25-21(28)17(31-22(25)29)9-14-7-15(23)20(27)16(8-14)30-4/h5-9,27H,10H2,1-4H3,(H,24,26)/b17-9+. The Labute approximate surface area is 198 Å². The van der Waals surface area contributed by atoms with E-state index < -0.39 is 17.1 Å². The summed E-state index contributed by atoms with van der Waals surface area (Å²) in [4.78, 5) is 38.8. The topological polar surface area (TPSA) is 95.9 Å². The van der Waals surface area contributed by atoms with Crippen LogP contribution >= 0.6 is 34.4 Å². The number of carbonyl (C=O) groups is 3.